The molecule has 0 unspecified atom stereocenters. The first-order valence-electron chi connectivity index (χ1n) is 15.3. The summed E-state index contributed by atoms with van der Waals surface area (Å²) in [4.78, 5) is 16.4. The van der Waals surface area contributed by atoms with E-state index in [4.69, 9.17) is 10.8 Å². The van der Waals surface area contributed by atoms with Crippen LogP contribution in [0.25, 0.3) is 10.8 Å². The molecule has 0 saturated heterocycles. The molecule has 0 atom stereocenters. The lowest BCUT2D eigenvalue weighted by Gasteiger charge is -2.36. The molecule has 3 aliphatic rings. The highest BCUT2D eigenvalue weighted by Crippen LogP contribution is 2.41. The number of nitrogen functional groups attached to an aromatic ring is 1. The number of nitrogens with two attached hydrogens (primary N) is 1. The van der Waals surface area contributed by atoms with Crippen LogP contribution in [0.4, 0.5) is 21.9 Å². The van der Waals surface area contributed by atoms with Crippen LogP contribution in [0.2, 0.25) is 0 Å². The highest BCUT2D eigenvalue weighted by atomic mass is 16.2. The van der Waals surface area contributed by atoms with Crippen molar-refractivity contribution in [1.29, 1.82) is 0 Å². The fourth-order valence-electron chi connectivity index (χ4n) is 7.21. The summed E-state index contributed by atoms with van der Waals surface area (Å²) in [5, 5.41) is 9.75. The lowest BCUT2D eigenvalue weighted by Crippen LogP contribution is -2.44. The van der Waals surface area contributed by atoms with Crippen LogP contribution < -0.4 is 10.6 Å². The predicted octanol–water partition coefficient (Wildman–Crippen LogP) is 9.01. The van der Waals surface area contributed by atoms with Crippen molar-refractivity contribution in [3.8, 4) is 0 Å². The van der Waals surface area contributed by atoms with Crippen molar-refractivity contribution in [3.63, 3.8) is 0 Å². The van der Waals surface area contributed by atoms with Gasteiger partial charge in [-0.05, 0) is 91.1 Å². The van der Waals surface area contributed by atoms with Gasteiger partial charge in [0.2, 0.25) is 0 Å². The van der Waals surface area contributed by atoms with Crippen LogP contribution >= 0.6 is 0 Å². The van der Waals surface area contributed by atoms with Gasteiger partial charge < -0.3 is 5.73 Å². The molecule has 0 aromatic heterocycles. The molecule has 2 fully saturated rings. The lowest BCUT2D eigenvalue weighted by molar-refractivity contribution is 0.162. The van der Waals surface area contributed by atoms with Crippen molar-refractivity contribution in [2.45, 2.75) is 69.7 Å². The number of anilines is 3. The summed E-state index contributed by atoms with van der Waals surface area (Å²) in [7, 11) is 0. The maximum Gasteiger partial charge on any atom is 0.349 e. The van der Waals surface area contributed by atoms with E-state index in [9.17, 15) is 4.79 Å². The van der Waals surface area contributed by atoms with Crippen molar-refractivity contribution in [2.75, 3.05) is 10.6 Å². The summed E-state index contributed by atoms with van der Waals surface area (Å²) >= 11 is 0. The van der Waals surface area contributed by atoms with Gasteiger partial charge in [0.15, 0.2) is 0 Å². The van der Waals surface area contributed by atoms with Crippen LogP contribution in [0.1, 0.15) is 74.8 Å². The molecule has 2 aliphatic carbocycles. The second-order valence-corrected chi connectivity index (χ2v) is 12.0. The fourth-order valence-corrected chi connectivity index (χ4v) is 7.21. The lowest BCUT2D eigenvalue weighted by atomic mass is 9.81. The minimum Gasteiger partial charge on any atom is -0.399 e. The number of hydrogen-bond donors (Lipinski definition) is 1. The first kappa shape index (κ1) is 25.8. The van der Waals surface area contributed by atoms with Crippen LogP contribution in [0, 0.1) is 5.92 Å². The Balaban J connectivity index is 1.23. The summed E-state index contributed by atoms with van der Waals surface area (Å²) in [6.45, 7) is 0. The van der Waals surface area contributed by atoms with Crippen LogP contribution in [-0.4, -0.2) is 22.8 Å². The second kappa shape index (κ2) is 11.0. The standard InChI is InChI=1S/C36H38N4O/c37-30-18-22-31(23-19-30)39-34-13-7-6-12-33(34)35(27-9-2-1-3-10-27)38-40(36(39)41)32-20-16-26(17-21-32)29-15-14-25-8-4-5-11-28(25)24-29/h4-8,11-15,18-19,22-24,26-27,32H,1-3,9-10,16-17,20-21,37H2. The van der Waals surface area contributed by atoms with Gasteiger partial charge in [0.05, 0.1) is 23.1 Å². The molecular formula is C36H38N4O. The Hall–Kier alpha value is -4.12. The van der Waals surface area contributed by atoms with Crippen molar-refractivity contribution >= 4 is 39.6 Å². The van der Waals surface area contributed by atoms with Gasteiger partial charge in [-0.2, -0.15) is 5.10 Å². The van der Waals surface area contributed by atoms with E-state index in [0.717, 1.165) is 61.2 Å². The zero-order valence-electron chi connectivity index (χ0n) is 23.6. The maximum atomic E-state index is 14.5. The van der Waals surface area contributed by atoms with Gasteiger partial charge in [-0.25, -0.2) is 9.80 Å². The number of carbonyl (C=O) groups is 1. The Morgan fingerprint density at radius 3 is 2.17 bits per heavy atom. The topological polar surface area (TPSA) is 61.9 Å². The molecule has 2 N–H and O–H groups in total. The van der Waals surface area contributed by atoms with E-state index in [-0.39, 0.29) is 12.1 Å². The molecule has 2 amide bonds. The van der Waals surface area contributed by atoms with Crippen LogP contribution in [0.3, 0.4) is 0 Å². The number of para-hydroxylation sites is 1. The molecule has 208 valence electrons. The van der Waals surface area contributed by atoms with Gasteiger partial charge in [0.25, 0.3) is 0 Å². The van der Waals surface area contributed by atoms with E-state index < -0.39 is 0 Å². The third-order valence-corrected chi connectivity index (χ3v) is 9.45. The molecule has 0 bridgehead atoms. The van der Waals surface area contributed by atoms with E-state index in [0.29, 0.717) is 17.5 Å². The number of nitrogens with zero attached hydrogens (tertiary/aromatic N) is 3. The van der Waals surface area contributed by atoms with Gasteiger partial charge in [0.1, 0.15) is 0 Å². The van der Waals surface area contributed by atoms with Crippen LogP contribution in [-0.2, 0) is 0 Å². The summed E-state index contributed by atoms with van der Waals surface area (Å²) < 4.78 is 0. The third-order valence-electron chi connectivity index (χ3n) is 9.45. The Bertz CT molecular complexity index is 1580. The molecule has 1 heterocycles. The van der Waals surface area contributed by atoms with E-state index >= 15 is 0 Å². The Morgan fingerprint density at radius 2 is 1.39 bits per heavy atom. The Morgan fingerprint density at radius 1 is 0.683 bits per heavy atom. The first-order valence-corrected chi connectivity index (χ1v) is 15.3. The summed E-state index contributed by atoms with van der Waals surface area (Å²) in [6.07, 6.45) is 9.97. The number of benzene rings is 4. The number of carbonyl (C=O) groups excluding carboxylic acids is 1. The van der Waals surface area contributed by atoms with E-state index in [1.54, 1.807) is 0 Å². The minimum absolute atomic E-state index is 0.0674. The monoisotopic (exact) mass is 542 g/mol. The van der Waals surface area contributed by atoms with Crippen molar-refractivity contribution in [3.05, 3.63) is 102 Å². The number of rotatable bonds is 4. The molecule has 0 spiro atoms. The van der Waals surface area contributed by atoms with E-state index in [2.05, 4.69) is 60.7 Å². The average molecular weight is 543 g/mol. The maximum absolute atomic E-state index is 14.5. The largest absolute Gasteiger partial charge is 0.399 e. The highest BCUT2D eigenvalue weighted by Gasteiger charge is 2.38. The van der Waals surface area contributed by atoms with Crippen molar-refractivity contribution in [1.82, 2.24) is 5.01 Å². The van der Waals surface area contributed by atoms with Crippen LogP contribution in [0.5, 0.6) is 0 Å². The van der Waals surface area contributed by atoms with Gasteiger partial charge >= 0.3 is 6.03 Å². The molecule has 5 heteroatoms. The fraction of sp³-hybridized carbons (Fsp3) is 0.333. The van der Waals surface area contributed by atoms with Gasteiger partial charge in [-0.3, -0.25) is 4.90 Å². The molecule has 5 nitrogen and oxygen atoms in total. The van der Waals surface area contributed by atoms with Gasteiger partial charge in [-0.1, -0.05) is 79.9 Å². The van der Waals surface area contributed by atoms with Gasteiger partial charge in [-0.15, -0.1) is 0 Å². The SMILES string of the molecule is Nc1ccc(N2C(=O)N(C3CCC(c4ccc5ccccc5c4)CC3)N=C(C3CCCCC3)c3ccccc32)cc1. The molecule has 1 aliphatic heterocycles. The van der Waals surface area contributed by atoms with E-state index in [1.807, 2.05) is 40.2 Å². The smallest absolute Gasteiger partial charge is 0.349 e. The minimum atomic E-state index is -0.0674. The summed E-state index contributed by atoms with van der Waals surface area (Å²) in [6, 6.07) is 31.5. The zero-order chi connectivity index (χ0) is 27.8. The molecule has 4 aromatic rings. The van der Waals surface area contributed by atoms with Crippen molar-refractivity contribution in [2.24, 2.45) is 11.0 Å². The number of hydrogen-bond acceptors (Lipinski definition) is 3. The second-order valence-electron chi connectivity index (χ2n) is 12.0. The van der Waals surface area contributed by atoms with E-state index in [1.165, 1.54) is 35.6 Å². The number of amides is 2. The summed E-state index contributed by atoms with van der Waals surface area (Å²) in [5.41, 5.74) is 12.0. The first-order chi connectivity index (χ1) is 20.2. The Labute approximate surface area is 242 Å². The van der Waals surface area contributed by atoms with Gasteiger partial charge in [0, 0.05) is 17.2 Å². The van der Waals surface area contributed by atoms with Crippen LogP contribution in [0.15, 0.2) is 96.1 Å². The number of fused-ring (bicyclic) bond motifs is 2. The summed E-state index contributed by atoms with van der Waals surface area (Å²) in [5.74, 6) is 0.880. The average Bonchev–Trinajstić information content (AvgIpc) is 3.16. The quantitative estimate of drug-likeness (QED) is 0.262. The predicted molar refractivity (Wildman–Crippen MR) is 169 cm³/mol. The number of hydrazone groups is 1. The zero-order valence-corrected chi connectivity index (χ0v) is 23.6. The Kier molecular flexibility index (Phi) is 6.95. The molecule has 7 rings (SSSR count). The highest BCUT2D eigenvalue weighted by molar-refractivity contribution is 6.13. The molecule has 0 radical (unpaired) electrons. The third kappa shape index (κ3) is 4.99. The number of urea groups is 1. The molecule has 4 aromatic carbocycles. The molecule has 41 heavy (non-hydrogen) atoms. The normalized spacial score (nSPS) is 21.9. The molecular weight excluding hydrogens is 504 g/mol. The molecule has 2 saturated carbocycles. The van der Waals surface area contributed by atoms with Crippen molar-refractivity contribution < 1.29 is 4.79 Å².